The van der Waals surface area contributed by atoms with E-state index in [1.54, 1.807) is 10.7 Å². The number of hydrogen-bond acceptors (Lipinski definition) is 2. The van der Waals surface area contributed by atoms with Crippen LogP contribution >= 0.6 is 0 Å². The van der Waals surface area contributed by atoms with E-state index >= 15 is 0 Å². The van der Waals surface area contributed by atoms with Gasteiger partial charge in [-0.1, -0.05) is 32.9 Å². The van der Waals surface area contributed by atoms with E-state index in [2.05, 4.69) is 15.7 Å². The molecule has 0 radical (unpaired) electrons. The van der Waals surface area contributed by atoms with Crippen LogP contribution in [0, 0.1) is 0 Å². The molecule has 2 rings (SSSR count). The summed E-state index contributed by atoms with van der Waals surface area (Å²) in [6.45, 7) is 11.8. The molecule has 0 spiro atoms. The lowest BCUT2D eigenvalue weighted by atomic mass is 9.92. The summed E-state index contributed by atoms with van der Waals surface area (Å²) in [6, 6.07) is 5.81. The van der Waals surface area contributed by atoms with Gasteiger partial charge in [0.15, 0.2) is 0 Å². The fourth-order valence-corrected chi connectivity index (χ4v) is 2.46. The van der Waals surface area contributed by atoms with E-state index in [0.717, 1.165) is 11.8 Å². The Hall–Kier alpha value is -2.51. The van der Waals surface area contributed by atoms with Gasteiger partial charge >= 0.3 is 12.2 Å². The molecule has 0 bridgehead atoms. The largest absolute Gasteiger partial charge is 0.418 e. The van der Waals surface area contributed by atoms with Crippen LogP contribution in [0.15, 0.2) is 30.3 Å². The van der Waals surface area contributed by atoms with Gasteiger partial charge in [-0.05, 0) is 32.9 Å². The van der Waals surface area contributed by atoms with E-state index in [0.29, 0.717) is 5.82 Å². The number of carbonyl (C=O) groups excluding carboxylic acids is 1. The normalized spacial score (nSPS) is 12.8. The lowest BCUT2D eigenvalue weighted by Gasteiger charge is -2.23. The molecule has 2 aromatic rings. The predicted molar refractivity (Wildman–Crippen MR) is 100 cm³/mol. The fraction of sp³-hybridized carbons (Fsp3) is 0.474. The Morgan fingerprint density at radius 1 is 1.00 bits per heavy atom. The Morgan fingerprint density at radius 2 is 1.59 bits per heavy atom. The number of para-hydroxylation sites is 1. The number of nitrogens with one attached hydrogen (secondary N) is 2. The Kier molecular flexibility index (Phi) is 5.32. The van der Waals surface area contributed by atoms with Gasteiger partial charge in [0.05, 0.1) is 22.5 Å². The minimum absolute atomic E-state index is 0.244. The molecule has 1 aromatic heterocycles. The van der Waals surface area contributed by atoms with Gasteiger partial charge in [0.1, 0.15) is 5.82 Å². The van der Waals surface area contributed by atoms with Gasteiger partial charge in [-0.3, -0.25) is 5.32 Å². The van der Waals surface area contributed by atoms with Crippen LogP contribution in [-0.2, 0) is 17.1 Å². The number of halogens is 3. The van der Waals surface area contributed by atoms with E-state index < -0.39 is 23.3 Å². The maximum absolute atomic E-state index is 13.1. The van der Waals surface area contributed by atoms with Gasteiger partial charge in [-0.25, -0.2) is 9.48 Å². The standard InChI is InChI=1S/C19H25F3N4O/c1-17(2,3)14-11-15(26(25-14)18(4,5)6)24-16(27)23-13-10-8-7-9-12(13)19(20,21)22/h7-11H,1-6H3,(H2,23,24,27). The number of anilines is 2. The van der Waals surface area contributed by atoms with Gasteiger partial charge in [-0.2, -0.15) is 18.3 Å². The molecule has 0 aliphatic heterocycles. The summed E-state index contributed by atoms with van der Waals surface area (Å²) in [6.07, 6.45) is -4.56. The first-order valence-electron chi connectivity index (χ1n) is 8.55. The van der Waals surface area contributed by atoms with Gasteiger partial charge in [0, 0.05) is 11.5 Å². The number of carbonyl (C=O) groups is 1. The van der Waals surface area contributed by atoms with Crippen LogP contribution in [0.5, 0.6) is 0 Å². The topological polar surface area (TPSA) is 59.0 Å². The molecule has 0 fully saturated rings. The highest BCUT2D eigenvalue weighted by Crippen LogP contribution is 2.34. The van der Waals surface area contributed by atoms with Crippen LogP contribution in [0.2, 0.25) is 0 Å². The first kappa shape index (κ1) is 20.8. The highest BCUT2D eigenvalue weighted by atomic mass is 19.4. The van der Waals surface area contributed by atoms with Crippen molar-refractivity contribution in [3.05, 3.63) is 41.6 Å². The maximum Gasteiger partial charge on any atom is 0.418 e. The van der Waals surface area contributed by atoms with E-state index in [-0.39, 0.29) is 11.1 Å². The van der Waals surface area contributed by atoms with Crippen LogP contribution in [-0.4, -0.2) is 15.8 Å². The molecule has 0 aliphatic rings. The maximum atomic E-state index is 13.1. The average Bonchev–Trinajstić information content (AvgIpc) is 2.90. The van der Waals surface area contributed by atoms with Crippen molar-refractivity contribution in [2.45, 2.75) is 58.7 Å². The number of hydrogen-bond donors (Lipinski definition) is 2. The third-order valence-corrected chi connectivity index (χ3v) is 3.84. The lowest BCUT2D eigenvalue weighted by Crippen LogP contribution is -2.29. The van der Waals surface area contributed by atoms with Crippen molar-refractivity contribution in [1.82, 2.24) is 9.78 Å². The number of nitrogens with zero attached hydrogens (tertiary/aromatic N) is 2. The third kappa shape index (κ3) is 5.02. The van der Waals surface area contributed by atoms with Crippen LogP contribution in [0.3, 0.4) is 0 Å². The second-order valence-corrected chi connectivity index (χ2v) is 8.37. The zero-order valence-electron chi connectivity index (χ0n) is 16.3. The zero-order valence-corrected chi connectivity index (χ0v) is 16.3. The Balaban J connectivity index is 2.31. The fourth-order valence-electron chi connectivity index (χ4n) is 2.46. The summed E-state index contributed by atoms with van der Waals surface area (Å²) in [5.74, 6) is 0.411. The number of aromatic nitrogens is 2. The molecule has 1 aromatic carbocycles. The Bertz CT molecular complexity index is 827. The van der Waals surface area contributed by atoms with Gasteiger partial charge in [-0.15, -0.1) is 0 Å². The molecule has 0 atom stereocenters. The summed E-state index contributed by atoms with van der Waals surface area (Å²) in [7, 11) is 0. The molecular weight excluding hydrogens is 357 g/mol. The molecule has 0 saturated carbocycles. The smallest absolute Gasteiger partial charge is 0.307 e. The predicted octanol–water partition coefficient (Wildman–Crippen LogP) is 5.60. The first-order chi connectivity index (χ1) is 12.2. The highest BCUT2D eigenvalue weighted by Gasteiger charge is 2.33. The molecular formula is C19H25F3N4O. The first-order valence-corrected chi connectivity index (χ1v) is 8.55. The molecule has 0 aliphatic carbocycles. The molecule has 0 saturated heterocycles. The monoisotopic (exact) mass is 382 g/mol. The quantitative estimate of drug-likeness (QED) is 0.710. The van der Waals surface area contributed by atoms with Gasteiger partial charge in [0.2, 0.25) is 0 Å². The zero-order chi connectivity index (χ0) is 20.6. The van der Waals surface area contributed by atoms with Crippen molar-refractivity contribution in [2.24, 2.45) is 0 Å². The molecule has 27 heavy (non-hydrogen) atoms. The number of alkyl halides is 3. The Labute approximate surface area is 157 Å². The van der Waals surface area contributed by atoms with Crippen molar-refractivity contribution in [2.75, 3.05) is 10.6 Å². The van der Waals surface area contributed by atoms with Crippen LogP contribution in [0.1, 0.15) is 52.8 Å². The van der Waals surface area contributed by atoms with Crippen molar-refractivity contribution < 1.29 is 18.0 Å². The summed E-state index contributed by atoms with van der Waals surface area (Å²) in [5.41, 5.74) is -1.11. The van der Waals surface area contributed by atoms with E-state index in [9.17, 15) is 18.0 Å². The van der Waals surface area contributed by atoms with Crippen LogP contribution < -0.4 is 10.6 Å². The van der Waals surface area contributed by atoms with Crippen molar-refractivity contribution >= 4 is 17.5 Å². The molecule has 5 nitrogen and oxygen atoms in total. The second-order valence-electron chi connectivity index (χ2n) is 8.37. The molecule has 2 N–H and O–H groups in total. The third-order valence-electron chi connectivity index (χ3n) is 3.84. The molecule has 0 unspecified atom stereocenters. The van der Waals surface area contributed by atoms with E-state index in [1.807, 2.05) is 41.5 Å². The molecule has 2 amide bonds. The lowest BCUT2D eigenvalue weighted by molar-refractivity contribution is -0.136. The van der Waals surface area contributed by atoms with E-state index in [1.165, 1.54) is 18.2 Å². The number of urea groups is 1. The SMILES string of the molecule is CC(C)(C)c1cc(NC(=O)Nc2ccccc2C(F)(F)F)n(C(C)(C)C)n1. The van der Waals surface area contributed by atoms with Crippen molar-refractivity contribution in [1.29, 1.82) is 0 Å². The van der Waals surface area contributed by atoms with Crippen molar-refractivity contribution in [3.63, 3.8) is 0 Å². The van der Waals surface area contributed by atoms with Crippen molar-refractivity contribution in [3.8, 4) is 0 Å². The highest BCUT2D eigenvalue weighted by molar-refractivity contribution is 5.99. The number of benzene rings is 1. The van der Waals surface area contributed by atoms with Gasteiger partial charge < -0.3 is 5.32 Å². The molecule has 8 heteroatoms. The molecule has 148 valence electrons. The summed E-state index contributed by atoms with van der Waals surface area (Å²) >= 11 is 0. The minimum Gasteiger partial charge on any atom is -0.307 e. The second kappa shape index (κ2) is 6.90. The molecule has 1 heterocycles. The van der Waals surface area contributed by atoms with Crippen LogP contribution in [0.25, 0.3) is 0 Å². The average molecular weight is 382 g/mol. The summed E-state index contributed by atoms with van der Waals surface area (Å²) in [4.78, 5) is 12.4. The number of rotatable bonds is 2. The van der Waals surface area contributed by atoms with Crippen LogP contribution in [0.4, 0.5) is 29.5 Å². The summed E-state index contributed by atoms with van der Waals surface area (Å²) in [5, 5.41) is 9.46. The summed E-state index contributed by atoms with van der Waals surface area (Å²) < 4.78 is 40.9. The number of amides is 2. The van der Waals surface area contributed by atoms with Gasteiger partial charge in [0.25, 0.3) is 0 Å². The minimum atomic E-state index is -4.56. The van der Waals surface area contributed by atoms with E-state index in [4.69, 9.17) is 0 Å². The Morgan fingerprint density at radius 3 is 2.11 bits per heavy atom.